The van der Waals surface area contributed by atoms with Gasteiger partial charge in [0.1, 0.15) is 6.07 Å². The van der Waals surface area contributed by atoms with Gasteiger partial charge in [-0.2, -0.15) is 5.26 Å². The summed E-state index contributed by atoms with van der Waals surface area (Å²) in [5.74, 6) is 0. The van der Waals surface area contributed by atoms with Crippen molar-refractivity contribution in [3.05, 3.63) is 44.6 Å². The molecule has 1 aromatic carbocycles. The fraction of sp³-hybridized carbons (Fsp3) is 0.0833. The van der Waals surface area contributed by atoms with Gasteiger partial charge < -0.3 is 5.32 Å². The Morgan fingerprint density at radius 1 is 1.40 bits per heavy atom. The van der Waals surface area contributed by atoms with Gasteiger partial charge in [-0.05, 0) is 40.2 Å². The highest BCUT2D eigenvalue weighted by atomic mass is 79.9. The number of hydrogen-bond acceptors (Lipinski definition) is 5. The van der Waals surface area contributed by atoms with E-state index in [0.717, 1.165) is 10.6 Å². The molecule has 104 valence electrons. The molecule has 0 unspecified atom stereocenters. The lowest BCUT2D eigenvalue weighted by Crippen LogP contribution is -2.12. The summed E-state index contributed by atoms with van der Waals surface area (Å²) >= 11 is 4.79. The number of nitrogens with zero attached hydrogens (tertiary/aromatic N) is 1. The van der Waals surface area contributed by atoms with Crippen LogP contribution in [0.15, 0.2) is 39.0 Å². The summed E-state index contributed by atoms with van der Waals surface area (Å²) in [6.45, 7) is 0.555. The van der Waals surface area contributed by atoms with E-state index in [1.54, 1.807) is 11.4 Å². The second-order valence-electron chi connectivity index (χ2n) is 3.95. The number of anilines is 1. The minimum Gasteiger partial charge on any atom is -0.379 e. The second-order valence-corrected chi connectivity index (χ2v) is 7.37. The largest absolute Gasteiger partial charge is 0.379 e. The maximum absolute atomic E-state index is 11.2. The molecule has 5 nitrogen and oxygen atoms in total. The van der Waals surface area contributed by atoms with Crippen LogP contribution in [-0.2, 0) is 16.6 Å². The maximum Gasteiger partial charge on any atom is 0.238 e. The number of nitriles is 1. The number of primary sulfonamides is 1. The lowest BCUT2D eigenvalue weighted by molar-refractivity contribution is 0.598. The summed E-state index contributed by atoms with van der Waals surface area (Å²) in [4.78, 5) is 1.07. The van der Waals surface area contributed by atoms with Crippen LogP contribution in [-0.4, -0.2) is 8.42 Å². The van der Waals surface area contributed by atoms with Crippen LogP contribution in [0.3, 0.4) is 0 Å². The van der Waals surface area contributed by atoms with Gasteiger partial charge in [-0.25, -0.2) is 13.6 Å². The zero-order valence-electron chi connectivity index (χ0n) is 10.1. The molecule has 0 radical (unpaired) electrons. The highest BCUT2D eigenvalue weighted by Crippen LogP contribution is 2.26. The van der Waals surface area contributed by atoms with Gasteiger partial charge in [0.05, 0.1) is 10.5 Å². The van der Waals surface area contributed by atoms with Gasteiger partial charge >= 0.3 is 0 Å². The van der Waals surface area contributed by atoms with Gasteiger partial charge in [0, 0.05) is 27.0 Å². The highest BCUT2D eigenvalue weighted by molar-refractivity contribution is 9.10. The molecule has 8 heteroatoms. The first kappa shape index (κ1) is 15.0. The van der Waals surface area contributed by atoms with Crippen LogP contribution in [0.4, 0.5) is 5.69 Å². The van der Waals surface area contributed by atoms with Crippen molar-refractivity contribution in [3.63, 3.8) is 0 Å². The van der Waals surface area contributed by atoms with Crippen molar-refractivity contribution in [3.8, 4) is 6.07 Å². The normalized spacial score (nSPS) is 11.1. The van der Waals surface area contributed by atoms with Gasteiger partial charge in [0.15, 0.2) is 0 Å². The van der Waals surface area contributed by atoms with E-state index in [-0.39, 0.29) is 4.90 Å². The first-order valence-electron chi connectivity index (χ1n) is 5.44. The van der Waals surface area contributed by atoms with E-state index in [1.165, 1.54) is 23.5 Å². The third-order valence-corrected chi connectivity index (χ3v) is 5.01. The van der Waals surface area contributed by atoms with Crippen LogP contribution in [0.2, 0.25) is 0 Å². The molecule has 0 amide bonds. The second kappa shape index (κ2) is 5.93. The molecule has 0 saturated carbocycles. The van der Waals surface area contributed by atoms with Crippen molar-refractivity contribution in [1.29, 1.82) is 5.26 Å². The predicted molar refractivity (Wildman–Crippen MR) is 81.9 cm³/mol. The van der Waals surface area contributed by atoms with E-state index in [4.69, 9.17) is 10.4 Å². The lowest BCUT2D eigenvalue weighted by atomic mass is 10.3. The van der Waals surface area contributed by atoms with Crippen LogP contribution < -0.4 is 10.5 Å². The maximum atomic E-state index is 11.2. The molecule has 2 aromatic rings. The Balaban J connectivity index is 2.13. The van der Waals surface area contributed by atoms with Crippen molar-refractivity contribution < 1.29 is 8.42 Å². The van der Waals surface area contributed by atoms with E-state index >= 15 is 0 Å². The zero-order valence-corrected chi connectivity index (χ0v) is 13.3. The third-order valence-electron chi connectivity index (χ3n) is 2.51. The van der Waals surface area contributed by atoms with E-state index in [2.05, 4.69) is 27.3 Å². The summed E-state index contributed by atoms with van der Waals surface area (Å²) < 4.78 is 23.1. The van der Waals surface area contributed by atoms with Gasteiger partial charge in [-0.1, -0.05) is 0 Å². The number of thiophene rings is 1. The Hall–Kier alpha value is -1.40. The Morgan fingerprint density at radius 3 is 2.70 bits per heavy atom. The number of hydrogen-bond donors (Lipinski definition) is 2. The zero-order chi connectivity index (χ0) is 14.8. The number of nitrogens with two attached hydrogens (primary N) is 1. The highest BCUT2D eigenvalue weighted by Gasteiger charge is 2.10. The van der Waals surface area contributed by atoms with Crippen LogP contribution in [0.25, 0.3) is 0 Å². The third kappa shape index (κ3) is 3.58. The lowest BCUT2D eigenvalue weighted by Gasteiger charge is -2.08. The minimum absolute atomic E-state index is 0.0535. The van der Waals surface area contributed by atoms with E-state index in [9.17, 15) is 8.42 Å². The molecule has 1 aromatic heterocycles. The van der Waals surface area contributed by atoms with Crippen molar-refractivity contribution in [2.45, 2.75) is 11.4 Å². The summed E-state index contributed by atoms with van der Waals surface area (Å²) in [6, 6.07) is 8.42. The summed E-state index contributed by atoms with van der Waals surface area (Å²) in [5, 5.41) is 18.8. The molecule has 0 spiro atoms. The molecular formula is C12H10BrN3O2S2. The van der Waals surface area contributed by atoms with Gasteiger partial charge in [-0.15, -0.1) is 11.3 Å². The van der Waals surface area contributed by atoms with Crippen molar-refractivity contribution in [2.24, 2.45) is 5.14 Å². The molecule has 0 aliphatic heterocycles. The van der Waals surface area contributed by atoms with Crippen molar-refractivity contribution >= 4 is 43.0 Å². The first-order chi connectivity index (χ1) is 9.40. The number of benzene rings is 1. The average molecular weight is 372 g/mol. The fourth-order valence-electron chi connectivity index (χ4n) is 1.53. The average Bonchev–Trinajstić information content (AvgIpc) is 2.84. The molecule has 3 N–H and O–H groups in total. The fourth-order valence-corrected chi connectivity index (χ4v) is 3.49. The molecule has 0 saturated heterocycles. The van der Waals surface area contributed by atoms with Gasteiger partial charge in [0.25, 0.3) is 0 Å². The SMILES string of the molecule is N#Cc1csc(CNc2ccc(S(N)(=O)=O)cc2Br)c1. The Morgan fingerprint density at radius 2 is 2.15 bits per heavy atom. The first-order valence-corrected chi connectivity index (χ1v) is 8.66. The summed E-state index contributed by atoms with van der Waals surface area (Å²) in [5.41, 5.74) is 1.39. The molecule has 0 fully saturated rings. The summed E-state index contributed by atoms with van der Waals surface area (Å²) in [6.07, 6.45) is 0. The Kier molecular flexibility index (Phi) is 4.45. The number of halogens is 1. The Bertz CT molecular complexity index is 778. The monoisotopic (exact) mass is 371 g/mol. The van der Waals surface area contributed by atoms with E-state index in [0.29, 0.717) is 16.6 Å². The Labute approximate surface area is 129 Å². The van der Waals surface area contributed by atoms with E-state index in [1.807, 2.05) is 6.07 Å². The molecule has 2 rings (SSSR count). The van der Waals surface area contributed by atoms with Crippen LogP contribution in [0, 0.1) is 11.3 Å². The molecular weight excluding hydrogens is 362 g/mol. The van der Waals surface area contributed by atoms with Crippen molar-refractivity contribution in [2.75, 3.05) is 5.32 Å². The van der Waals surface area contributed by atoms with Gasteiger partial charge in [-0.3, -0.25) is 0 Å². The molecule has 0 aliphatic rings. The molecule has 0 aliphatic carbocycles. The standard InChI is InChI=1S/C12H10BrN3O2S2/c13-11-4-10(20(15,17)18)1-2-12(11)16-6-9-3-8(5-14)7-19-9/h1-4,7,16H,6H2,(H2,15,17,18). The predicted octanol–water partition coefficient (Wildman–Crippen LogP) is 2.64. The number of nitrogens with one attached hydrogen (secondary N) is 1. The smallest absolute Gasteiger partial charge is 0.238 e. The van der Waals surface area contributed by atoms with Gasteiger partial charge in [0.2, 0.25) is 10.0 Å². The molecule has 0 bridgehead atoms. The molecule has 20 heavy (non-hydrogen) atoms. The topological polar surface area (TPSA) is 96.0 Å². The molecule has 0 atom stereocenters. The van der Waals surface area contributed by atoms with Crippen molar-refractivity contribution in [1.82, 2.24) is 0 Å². The van der Waals surface area contributed by atoms with E-state index < -0.39 is 10.0 Å². The molecule has 1 heterocycles. The number of rotatable bonds is 4. The van der Waals surface area contributed by atoms with Crippen LogP contribution >= 0.6 is 27.3 Å². The summed E-state index contributed by atoms with van der Waals surface area (Å²) in [7, 11) is -3.70. The number of sulfonamides is 1. The van der Waals surface area contributed by atoms with Crippen LogP contribution in [0.5, 0.6) is 0 Å². The van der Waals surface area contributed by atoms with Crippen LogP contribution in [0.1, 0.15) is 10.4 Å². The quantitative estimate of drug-likeness (QED) is 0.862. The minimum atomic E-state index is -3.70.